The highest BCUT2D eigenvalue weighted by Crippen LogP contribution is 2.28. The van der Waals surface area contributed by atoms with Crippen LogP contribution in [0.25, 0.3) is 0 Å². The van der Waals surface area contributed by atoms with Crippen molar-refractivity contribution in [1.29, 1.82) is 0 Å². The van der Waals surface area contributed by atoms with E-state index in [2.05, 4.69) is 0 Å². The first kappa shape index (κ1) is 12.9. The summed E-state index contributed by atoms with van der Waals surface area (Å²) in [4.78, 5) is 34.8. The molecule has 1 aromatic heterocycles. The van der Waals surface area contributed by atoms with Crippen molar-refractivity contribution in [2.75, 3.05) is 0 Å². The molecular formula is C11H9F2N3O3. The van der Waals surface area contributed by atoms with Crippen molar-refractivity contribution in [3.63, 3.8) is 0 Å². The molecule has 0 unspecified atom stereocenters. The maximum Gasteiger partial charge on any atom is 0.343 e. The molecule has 0 radical (unpaired) electrons. The summed E-state index contributed by atoms with van der Waals surface area (Å²) in [5, 5.41) is 1.79. The third kappa shape index (κ3) is 2.67. The first-order valence-corrected chi connectivity index (χ1v) is 5.27. The number of rotatable bonds is 3. The third-order valence-corrected chi connectivity index (χ3v) is 2.46. The molecule has 2 aromatic rings. The molecule has 1 aromatic carbocycles. The van der Waals surface area contributed by atoms with Crippen LogP contribution < -0.4 is 16.8 Å². The molecule has 0 amide bonds. The highest BCUT2D eigenvalue weighted by atomic mass is 19.3. The van der Waals surface area contributed by atoms with E-state index in [1.54, 1.807) is 16.1 Å². The molecule has 2 N–H and O–H groups in total. The SMILES string of the molecule is O=c1[nH]c(=O)n(CC(F)(F)c2ccccc2)[nH]c1=O. The van der Waals surface area contributed by atoms with Crippen molar-refractivity contribution in [3.8, 4) is 0 Å². The number of aromatic nitrogens is 3. The van der Waals surface area contributed by atoms with E-state index in [4.69, 9.17) is 0 Å². The smallest absolute Gasteiger partial charge is 0.268 e. The van der Waals surface area contributed by atoms with Gasteiger partial charge in [-0.25, -0.2) is 9.48 Å². The standard InChI is InChI=1S/C11H9F2N3O3/c12-11(13,7-4-2-1-3-5-7)6-16-10(19)14-8(17)9(18)15-16/h1-5H,6H2,(H,15,18)(H,14,17,19). The minimum atomic E-state index is -3.35. The van der Waals surface area contributed by atoms with Crippen molar-refractivity contribution in [2.45, 2.75) is 12.5 Å². The number of alkyl halides is 2. The van der Waals surface area contributed by atoms with Crippen molar-refractivity contribution < 1.29 is 8.78 Å². The van der Waals surface area contributed by atoms with Gasteiger partial charge in [0.25, 0.3) is 5.92 Å². The topological polar surface area (TPSA) is 87.7 Å². The van der Waals surface area contributed by atoms with E-state index in [-0.39, 0.29) is 5.56 Å². The predicted octanol–water partition coefficient (Wildman–Crippen LogP) is 0.0169. The van der Waals surface area contributed by atoms with Crippen LogP contribution in [0.15, 0.2) is 44.7 Å². The fraction of sp³-hybridized carbons (Fsp3) is 0.182. The van der Waals surface area contributed by atoms with E-state index in [9.17, 15) is 23.2 Å². The fourth-order valence-corrected chi connectivity index (χ4v) is 1.53. The van der Waals surface area contributed by atoms with Gasteiger partial charge in [0.05, 0.1) is 0 Å². The minimum absolute atomic E-state index is 0.297. The summed E-state index contributed by atoms with van der Waals surface area (Å²) < 4.78 is 28.1. The van der Waals surface area contributed by atoms with Gasteiger partial charge in [-0.05, 0) is 0 Å². The Morgan fingerprint density at radius 1 is 1.05 bits per heavy atom. The largest absolute Gasteiger partial charge is 0.343 e. The van der Waals surface area contributed by atoms with Crippen LogP contribution >= 0.6 is 0 Å². The van der Waals surface area contributed by atoms with Crippen LogP contribution in [-0.2, 0) is 12.5 Å². The highest BCUT2D eigenvalue weighted by molar-refractivity contribution is 5.19. The predicted molar refractivity (Wildman–Crippen MR) is 62.3 cm³/mol. The number of H-pyrrole nitrogens is 2. The fourth-order valence-electron chi connectivity index (χ4n) is 1.53. The van der Waals surface area contributed by atoms with Crippen molar-refractivity contribution in [3.05, 3.63) is 67.1 Å². The van der Waals surface area contributed by atoms with Gasteiger partial charge < -0.3 is 0 Å². The lowest BCUT2D eigenvalue weighted by atomic mass is 10.1. The lowest BCUT2D eigenvalue weighted by molar-refractivity contribution is -0.0273. The van der Waals surface area contributed by atoms with Crippen LogP contribution in [0, 0.1) is 0 Å². The second-order valence-corrected chi connectivity index (χ2v) is 3.86. The van der Waals surface area contributed by atoms with Crippen LogP contribution in [0.4, 0.5) is 8.78 Å². The Morgan fingerprint density at radius 3 is 2.32 bits per heavy atom. The van der Waals surface area contributed by atoms with E-state index >= 15 is 0 Å². The summed E-state index contributed by atoms with van der Waals surface area (Å²) in [6.45, 7) is -1.07. The zero-order valence-corrected chi connectivity index (χ0v) is 9.52. The molecule has 8 heteroatoms. The maximum absolute atomic E-state index is 13.9. The van der Waals surface area contributed by atoms with Gasteiger partial charge in [0, 0.05) is 5.56 Å². The van der Waals surface area contributed by atoms with E-state index in [0.717, 1.165) is 0 Å². The summed E-state index contributed by atoms with van der Waals surface area (Å²) in [7, 11) is 0. The molecule has 0 saturated heterocycles. The Balaban J connectivity index is 2.41. The minimum Gasteiger partial charge on any atom is -0.268 e. The van der Waals surface area contributed by atoms with Gasteiger partial charge in [-0.15, -0.1) is 0 Å². The lowest BCUT2D eigenvalue weighted by Crippen LogP contribution is -2.45. The number of nitrogens with one attached hydrogen (secondary N) is 2. The number of nitrogens with zero attached hydrogens (tertiary/aromatic N) is 1. The summed E-state index contributed by atoms with van der Waals surface area (Å²) in [6.07, 6.45) is 0. The number of hydrogen-bond acceptors (Lipinski definition) is 3. The Hall–Kier alpha value is -2.51. The molecule has 0 saturated carbocycles. The number of aromatic amines is 2. The monoisotopic (exact) mass is 269 g/mol. The van der Waals surface area contributed by atoms with Crippen LogP contribution in [-0.4, -0.2) is 14.8 Å². The zero-order valence-electron chi connectivity index (χ0n) is 9.52. The van der Waals surface area contributed by atoms with E-state index in [1.807, 2.05) is 0 Å². The molecule has 0 spiro atoms. The third-order valence-electron chi connectivity index (χ3n) is 2.46. The first-order valence-electron chi connectivity index (χ1n) is 5.27. The van der Waals surface area contributed by atoms with Crippen molar-refractivity contribution >= 4 is 0 Å². The summed E-state index contributed by atoms with van der Waals surface area (Å²) in [5.74, 6) is -3.35. The first-order chi connectivity index (χ1) is 8.90. The Kier molecular flexibility index (Phi) is 3.16. The second kappa shape index (κ2) is 4.63. The number of halogens is 2. The van der Waals surface area contributed by atoms with Crippen LogP contribution in [0.2, 0.25) is 0 Å². The molecule has 0 fully saturated rings. The second-order valence-electron chi connectivity index (χ2n) is 3.86. The van der Waals surface area contributed by atoms with E-state index < -0.39 is 29.3 Å². The van der Waals surface area contributed by atoms with Crippen LogP contribution in [0.5, 0.6) is 0 Å². The van der Waals surface area contributed by atoms with Gasteiger partial charge in [0.15, 0.2) is 0 Å². The zero-order chi connectivity index (χ0) is 14.0. The Morgan fingerprint density at radius 2 is 1.68 bits per heavy atom. The molecule has 0 aliphatic rings. The molecule has 100 valence electrons. The molecule has 0 aliphatic heterocycles. The summed E-state index contributed by atoms with van der Waals surface area (Å²) in [5.41, 5.74) is -3.73. The van der Waals surface area contributed by atoms with Crippen molar-refractivity contribution in [1.82, 2.24) is 14.8 Å². The van der Waals surface area contributed by atoms with Gasteiger partial charge >= 0.3 is 16.8 Å². The van der Waals surface area contributed by atoms with Gasteiger partial charge in [-0.1, -0.05) is 30.3 Å². The van der Waals surface area contributed by atoms with Crippen LogP contribution in [0.3, 0.4) is 0 Å². The number of hydrogen-bond donors (Lipinski definition) is 2. The highest BCUT2D eigenvalue weighted by Gasteiger charge is 2.32. The van der Waals surface area contributed by atoms with Crippen molar-refractivity contribution in [2.24, 2.45) is 0 Å². The van der Waals surface area contributed by atoms with Gasteiger partial charge in [0.1, 0.15) is 6.54 Å². The average Bonchev–Trinajstić information content (AvgIpc) is 2.37. The van der Waals surface area contributed by atoms with E-state index in [0.29, 0.717) is 4.68 Å². The molecule has 0 aliphatic carbocycles. The summed E-state index contributed by atoms with van der Waals surface area (Å²) in [6, 6.07) is 6.85. The molecular weight excluding hydrogens is 260 g/mol. The maximum atomic E-state index is 13.9. The lowest BCUT2D eigenvalue weighted by Gasteiger charge is -2.17. The number of benzene rings is 1. The van der Waals surface area contributed by atoms with E-state index in [1.165, 1.54) is 24.3 Å². The molecule has 2 rings (SSSR count). The van der Waals surface area contributed by atoms with Gasteiger partial charge in [-0.3, -0.25) is 19.7 Å². The quantitative estimate of drug-likeness (QED) is 0.770. The molecule has 6 nitrogen and oxygen atoms in total. The average molecular weight is 269 g/mol. The molecule has 0 bridgehead atoms. The Bertz CT molecular complexity index is 746. The molecule has 0 atom stereocenters. The van der Waals surface area contributed by atoms with Gasteiger partial charge in [-0.2, -0.15) is 8.78 Å². The van der Waals surface area contributed by atoms with Crippen LogP contribution in [0.1, 0.15) is 5.56 Å². The Labute approximate surface area is 104 Å². The molecule has 1 heterocycles. The molecule has 19 heavy (non-hydrogen) atoms. The normalized spacial score (nSPS) is 11.5. The van der Waals surface area contributed by atoms with Gasteiger partial charge in [0.2, 0.25) is 0 Å². The summed E-state index contributed by atoms with van der Waals surface area (Å²) >= 11 is 0.